The lowest BCUT2D eigenvalue weighted by Gasteiger charge is -2.26. The monoisotopic (exact) mass is 390 g/mol. The molecule has 0 saturated carbocycles. The Balaban J connectivity index is 1.76. The molecule has 8 heteroatoms. The van der Waals surface area contributed by atoms with E-state index in [2.05, 4.69) is 0 Å². The number of carbonyl (C=O) groups excluding carboxylic acids is 3. The maximum Gasteiger partial charge on any atom is 0.410 e. The molecule has 1 fully saturated rings. The quantitative estimate of drug-likeness (QED) is 0.726. The normalized spacial score (nSPS) is 19.4. The number of benzene rings is 1. The summed E-state index contributed by atoms with van der Waals surface area (Å²) in [5, 5.41) is 0. The Hall–Kier alpha value is -2.74. The zero-order chi connectivity index (χ0) is 20.5. The number of ether oxygens (including phenoxy) is 2. The second kappa shape index (κ2) is 7.71. The van der Waals surface area contributed by atoms with E-state index in [-0.39, 0.29) is 43.0 Å². The van der Waals surface area contributed by atoms with Gasteiger partial charge >= 0.3 is 6.09 Å². The first kappa shape index (κ1) is 20.0. The van der Waals surface area contributed by atoms with Crippen molar-refractivity contribution in [3.05, 3.63) is 46.8 Å². The van der Waals surface area contributed by atoms with Gasteiger partial charge in [-0.2, -0.15) is 0 Å². The number of halogens is 1. The molecule has 7 nitrogen and oxygen atoms in total. The highest BCUT2D eigenvalue weighted by atomic mass is 19.1. The van der Waals surface area contributed by atoms with Crippen LogP contribution >= 0.6 is 0 Å². The molecule has 28 heavy (non-hydrogen) atoms. The number of nitrogens with zero attached hydrogens (tertiary/aromatic N) is 2. The number of imide groups is 1. The van der Waals surface area contributed by atoms with Crippen LogP contribution in [0.25, 0.3) is 0 Å². The fourth-order valence-corrected chi connectivity index (χ4v) is 3.00. The summed E-state index contributed by atoms with van der Waals surface area (Å²) in [6, 6.07) is 6.39. The van der Waals surface area contributed by atoms with E-state index < -0.39 is 35.9 Å². The molecule has 0 radical (unpaired) electrons. The van der Waals surface area contributed by atoms with Crippen LogP contribution in [0.15, 0.2) is 35.7 Å². The van der Waals surface area contributed by atoms with Crippen LogP contribution in [-0.2, 0) is 9.47 Å². The summed E-state index contributed by atoms with van der Waals surface area (Å²) in [5.41, 5.74) is 0.0582. The van der Waals surface area contributed by atoms with Gasteiger partial charge in [-0.25, -0.2) is 9.18 Å². The molecule has 2 aliphatic heterocycles. The predicted octanol–water partition coefficient (Wildman–Crippen LogP) is 2.77. The zero-order valence-electron chi connectivity index (χ0n) is 16.2. The molecule has 0 N–H and O–H groups in total. The average molecular weight is 390 g/mol. The SMILES string of the molecule is CC(C)(C)OC(=O)N1CCOC/C(=C(/F)CN2C(=O)c3ccccc3C2=O)C1. The third-order valence-corrected chi connectivity index (χ3v) is 4.37. The van der Waals surface area contributed by atoms with Gasteiger partial charge in [0.05, 0.1) is 37.4 Å². The first-order chi connectivity index (χ1) is 13.2. The first-order valence-electron chi connectivity index (χ1n) is 9.04. The van der Waals surface area contributed by atoms with Gasteiger partial charge in [-0.15, -0.1) is 0 Å². The standard InChI is InChI=1S/C20H23FN2O5/c1-20(2,3)28-19(26)22-8-9-27-12-13(10-22)16(21)11-23-17(24)14-6-4-5-7-15(14)18(23)25/h4-7H,8-12H2,1-3H3/b16-13+. The van der Waals surface area contributed by atoms with Crippen LogP contribution < -0.4 is 0 Å². The maximum absolute atomic E-state index is 14.9. The molecular weight excluding hydrogens is 367 g/mol. The van der Waals surface area contributed by atoms with Crippen LogP contribution in [0.4, 0.5) is 9.18 Å². The lowest BCUT2D eigenvalue weighted by molar-refractivity contribution is 0.0248. The third-order valence-electron chi connectivity index (χ3n) is 4.37. The minimum absolute atomic E-state index is 0.0195. The largest absolute Gasteiger partial charge is 0.444 e. The third kappa shape index (κ3) is 4.22. The highest BCUT2D eigenvalue weighted by molar-refractivity contribution is 6.21. The van der Waals surface area contributed by atoms with Crippen LogP contribution in [0.5, 0.6) is 0 Å². The maximum atomic E-state index is 14.9. The topological polar surface area (TPSA) is 76.2 Å². The van der Waals surface area contributed by atoms with Gasteiger partial charge in [0.15, 0.2) is 0 Å². The van der Waals surface area contributed by atoms with Gasteiger partial charge in [-0.05, 0) is 32.9 Å². The van der Waals surface area contributed by atoms with Crippen LogP contribution in [0.1, 0.15) is 41.5 Å². The number of rotatable bonds is 2. The van der Waals surface area contributed by atoms with Gasteiger partial charge in [0.2, 0.25) is 0 Å². The van der Waals surface area contributed by atoms with Crippen molar-refractivity contribution in [2.75, 3.05) is 32.8 Å². The van der Waals surface area contributed by atoms with Crippen LogP contribution in [-0.4, -0.2) is 66.2 Å². The summed E-state index contributed by atoms with van der Waals surface area (Å²) in [6.07, 6.45) is -0.566. The molecule has 1 aromatic carbocycles. The lowest BCUT2D eigenvalue weighted by atomic mass is 10.1. The van der Waals surface area contributed by atoms with E-state index in [9.17, 15) is 18.8 Å². The molecule has 2 aliphatic rings. The molecule has 3 amide bonds. The van der Waals surface area contributed by atoms with E-state index in [1.807, 2.05) is 0 Å². The number of amides is 3. The molecule has 1 saturated heterocycles. The van der Waals surface area contributed by atoms with Crippen molar-refractivity contribution < 1.29 is 28.2 Å². The number of fused-ring (bicyclic) bond motifs is 1. The molecule has 0 aromatic heterocycles. The molecule has 150 valence electrons. The van der Waals surface area contributed by atoms with E-state index in [4.69, 9.17) is 9.47 Å². The zero-order valence-corrected chi connectivity index (χ0v) is 16.2. The molecule has 0 atom stereocenters. The summed E-state index contributed by atoms with van der Waals surface area (Å²) in [7, 11) is 0. The molecule has 0 aliphatic carbocycles. The minimum atomic E-state index is -0.674. The summed E-state index contributed by atoms with van der Waals surface area (Å²) >= 11 is 0. The summed E-state index contributed by atoms with van der Waals surface area (Å²) in [6.45, 7) is 5.21. The Kier molecular flexibility index (Phi) is 5.51. The van der Waals surface area contributed by atoms with Crippen molar-refractivity contribution in [2.45, 2.75) is 26.4 Å². The highest BCUT2D eigenvalue weighted by Gasteiger charge is 2.36. The van der Waals surface area contributed by atoms with Crippen molar-refractivity contribution in [3.8, 4) is 0 Å². The van der Waals surface area contributed by atoms with Gasteiger partial charge in [-0.1, -0.05) is 12.1 Å². The molecule has 1 aromatic rings. The summed E-state index contributed by atoms with van der Waals surface area (Å²) in [4.78, 5) is 39.4. The molecule has 3 rings (SSSR count). The van der Waals surface area contributed by atoms with Gasteiger partial charge < -0.3 is 14.4 Å². The molecule has 0 unspecified atom stereocenters. The Morgan fingerprint density at radius 2 is 1.79 bits per heavy atom. The van der Waals surface area contributed by atoms with Crippen molar-refractivity contribution in [2.24, 2.45) is 0 Å². The molecule has 0 bridgehead atoms. The van der Waals surface area contributed by atoms with Crippen molar-refractivity contribution >= 4 is 17.9 Å². The summed E-state index contributed by atoms with van der Waals surface area (Å²) < 4.78 is 25.7. The van der Waals surface area contributed by atoms with Crippen LogP contribution in [0.3, 0.4) is 0 Å². The van der Waals surface area contributed by atoms with E-state index in [1.165, 1.54) is 4.90 Å². The Bertz CT molecular complexity index is 808. The Morgan fingerprint density at radius 3 is 2.36 bits per heavy atom. The van der Waals surface area contributed by atoms with E-state index >= 15 is 0 Å². The lowest BCUT2D eigenvalue weighted by Crippen LogP contribution is -2.39. The van der Waals surface area contributed by atoms with Crippen molar-refractivity contribution in [1.29, 1.82) is 0 Å². The molecular formula is C20H23FN2O5. The Morgan fingerprint density at radius 1 is 1.18 bits per heavy atom. The van der Waals surface area contributed by atoms with Gasteiger partial charge in [0.25, 0.3) is 11.8 Å². The van der Waals surface area contributed by atoms with Crippen molar-refractivity contribution in [3.63, 3.8) is 0 Å². The number of carbonyl (C=O) groups is 3. The van der Waals surface area contributed by atoms with E-state index in [1.54, 1.807) is 45.0 Å². The second-order valence-corrected chi connectivity index (χ2v) is 7.70. The van der Waals surface area contributed by atoms with Gasteiger partial charge in [0.1, 0.15) is 11.4 Å². The van der Waals surface area contributed by atoms with Crippen LogP contribution in [0.2, 0.25) is 0 Å². The van der Waals surface area contributed by atoms with E-state index in [0.717, 1.165) is 4.90 Å². The average Bonchev–Trinajstić information content (AvgIpc) is 2.82. The fraction of sp³-hybridized carbons (Fsp3) is 0.450. The van der Waals surface area contributed by atoms with Crippen LogP contribution in [0, 0.1) is 0 Å². The molecule has 2 heterocycles. The van der Waals surface area contributed by atoms with Crippen molar-refractivity contribution in [1.82, 2.24) is 9.80 Å². The second-order valence-electron chi connectivity index (χ2n) is 7.70. The van der Waals surface area contributed by atoms with Gasteiger partial charge in [-0.3, -0.25) is 14.5 Å². The Labute approximate surface area is 162 Å². The summed E-state index contributed by atoms with van der Waals surface area (Å²) in [5.74, 6) is -1.73. The number of hydrogen-bond donors (Lipinski definition) is 0. The smallest absolute Gasteiger partial charge is 0.410 e. The van der Waals surface area contributed by atoms with E-state index in [0.29, 0.717) is 0 Å². The molecule has 0 spiro atoms. The highest BCUT2D eigenvalue weighted by Crippen LogP contribution is 2.25. The fourth-order valence-electron chi connectivity index (χ4n) is 3.00. The van der Waals surface area contributed by atoms with Gasteiger partial charge in [0, 0.05) is 12.1 Å². The first-order valence-corrected chi connectivity index (χ1v) is 9.04. The predicted molar refractivity (Wildman–Crippen MR) is 98.6 cm³/mol. The number of hydrogen-bond acceptors (Lipinski definition) is 5. The minimum Gasteiger partial charge on any atom is -0.444 e.